The van der Waals surface area contributed by atoms with Crippen molar-refractivity contribution in [2.24, 2.45) is 0 Å². The Morgan fingerprint density at radius 3 is 2.94 bits per heavy atom. The fraction of sp³-hybridized carbons (Fsp3) is 0.385. The summed E-state index contributed by atoms with van der Waals surface area (Å²) in [5.41, 5.74) is 1.64. The molecule has 0 unspecified atom stereocenters. The maximum Gasteiger partial charge on any atom is 0.303 e. The van der Waals surface area contributed by atoms with E-state index in [1.165, 1.54) is 0 Å². The molecular weight excluding hydrogens is 232 g/mol. The molecule has 0 saturated heterocycles. The number of fused-ring (bicyclic) bond motifs is 1. The minimum atomic E-state index is -0.759. The predicted molar refractivity (Wildman–Crippen MR) is 67.2 cm³/mol. The third-order valence-electron chi connectivity index (χ3n) is 2.67. The van der Waals surface area contributed by atoms with Gasteiger partial charge in [0.15, 0.2) is 5.58 Å². The van der Waals surface area contributed by atoms with Gasteiger partial charge in [0, 0.05) is 6.42 Å². The Balaban J connectivity index is 1.90. The van der Waals surface area contributed by atoms with Crippen molar-refractivity contribution in [1.82, 2.24) is 9.88 Å². The molecule has 18 heavy (non-hydrogen) atoms. The number of hydrogen-bond donors (Lipinski definition) is 1. The Hall–Kier alpha value is -1.88. The number of carboxylic acids is 1. The highest BCUT2D eigenvalue weighted by molar-refractivity contribution is 5.72. The molecule has 5 nitrogen and oxygen atoms in total. The smallest absolute Gasteiger partial charge is 0.303 e. The quantitative estimate of drug-likeness (QED) is 0.848. The first kappa shape index (κ1) is 12.6. The molecule has 5 heteroatoms. The number of para-hydroxylation sites is 2. The highest BCUT2D eigenvalue weighted by atomic mass is 16.4. The van der Waals surface area contributed by atoms with Crippen molar-refractivity contribution < 1.29 is 14.3 Å². The van der Waals surface area contributed by atoms with Crippen molar-refractivity contribution in [3.05, 3.63) is 30.2 Å². The number of carbonyl (C=O) groups is 1. The van der Waals surface area contributed by atoms with Gasteiger partial charge in [0.1, 0.15) is 5.52 Å². The van der Waals surface area contributed by atoms with Gasteiger partial charge in [-0.25, -0.2) is 4.98 Å². The van der Waals surface area contributed by atoms with E-state index in [2.05, 4.69) is 4.98 Å². The average molecular weight is 248 g/mol. The summed E-state index contributed by atoms with van der Waals surface area (Å²) in [6.45, 7) is 1.30. The van der Waals surface area contributed by atoms with Gasteiger partial charge >= 0.3 is 5.97 Å². The number of benzene rings is 1. The summed E-state index contributed by atoms with van der Waals surface area (Å²) in [5, 5.41) is 8.56. The van der Waals surface area contributed by atoms with E-state index in [0.717, 1.165) is 11.1 Å². The van der Waals surface area contributed by atoms with Gasteiger partial charge in [-0.1, -0.05) is 12.1 Å². The maximum atomic E-state index is 10.4. The van der Waals surface area contributed by atoms with Crippen molar-refractivity contribution in [2.75, 3.05) is 13.6 Å². The zero-order chi connectivity index (χ0) is 13.0. The van der Waals surface area contributed by atoms with Crippen LogP contribution in [0.5, 0.6) is 0 Å². The molecule has 0 saturated carbocycles. The Morgan fingerprint density at radius 2 is 2.22 bits per heavy atom. The van der Waals surface area contributed by atoms with Crippen LogP contribution in [0, 0.1) is 0 Å². The lowest BCUT2D eigenvalue weighted by Gasteiger charge is -2.13. The molecule has 1 N–H and O–H groups in total. The fourth-order valence-electron chi connectivity index (χ4n) is 1.80. The third kappa shape index (κ3) is 3.30. The monoisotopic (exact) mass is 248 g/mol. The van der Waals surface area contributed by atoms with Crippen LogP contribution in [0.4, 0.5) is 0 Å². The highest BCUT2D eigenvalue weighted by Gasteiger charge is 2.08. The normalized spacial score (nSPS) is 11.2. The molecule has 0 spiro atoms. The minimum Gasteiger partial charge on any atom is -0.481 e. The molecule has 0 atom stereocenters. The van der Waals surface area contributed by atoms with Gasteiger partial charge < -0.3 is 9.52 Å². The van der Waals surface area contributed by atoms with Gasteiger partial charge in [0.25, 0.3) is 0 Å². The summed E-state index contributed by atoms with van der Waals surface area (Å²) in [7, 11) is 1.93. The Kier molecular flexibility index (Phi) is 3.94. The van der Waals surface area contributed by atoms with Crippen LogP contribution in [-0.4, -0.2) is 34.6 Å². The van der Waals surface area contributed by atoms with Gasteiger partial charge in [0.05, 0.1) is 6.54 Å². The van der Waals surface area contributed by atoms with E-state index >= 15 is 0 Å². The van der Waals surface area contributed by atoms with Gasteiger partial charge in [-0.05, 0) is 32.1 Å². The van der Waals surface area contributed by atoms with Crippen LogP contribution in [0.2, 0.25) is 0 Å². The lowest BCUT2D eigenvalue weighted by atomic mass is 10.3. The van der Waals surface area contributed by atoms with Crippen molar-refractivity contribution in [3.8, 4) is 0 Å². The minimum absolute atomic E-state index is 0.192. The molecule has 0 fully saturated rings. The summed E-state index contributed by atoms with van der Waals surface area (Å²) < 4.78 is 5.60. The molecule has 1 aromatic heterocycles. The molecule has 2 aromatic rings. The second kappa shape index (κ2) is 5.64. The van der Waals surface area contributed by atoms with E-state index in [4.69, 9.17) is 9.52 Å². The second-order valence-corrected chi connectivity index (χ2v) is 4.31. The molecule has 2 rings (SSSR count). The number of aliphatic carboxylic acids is 1. The summed E-state index contributed by atoms with van der Waals surface area (Å²) in [6.07, 6.45) is 0.823. The van der Waals surface area contributed by atoms with Crippen molar-refractivity contribution >= 4 is 17.1 Å². The van der Waals surface area contributed by atoms with Crippen LogP contribution in [-0.2, 0) is 11.3 Å². The van der Waals surface area contributed by atoms with Gasteiger partial charge in [-0.2, -0.15) is 0 Å². The van der Waals surface area contributed by atoms with Crippen molar-refractivity contribution in [2.45, 2.75) is 19.4 Å². The highest BCUT2D eigenvalue weighted by Crippen LogP contribution is 2.15. The van der Waals surface area contributed by atoms with Crippen molar-refractivity contribution in [3.63, 3.8) is 0 Å². The van der Waals surface area contributed by atoms with Crippen LogP contribution >= 0.6 is 0 Å². The van der Waals surface area contributed by atoms with Gasteiger partial charge in [-0.15, -0.1) is 0 Å². The van der Waals surface area contributed by atoms with Gasteiger partial charge in [0.2, 0.25) is 5.89 Å². The lowest BCUT2D eigenvalue weighted by molar-refractivity contribution is -0.137. The van der Waals surface area contributed by atoms with E-state index < -0.39 is 5.97 Å². The van der Waals surface area contributed by atoms with E-state index in [9.17, 15) is 4.79 Å². The molecule has 0 aliphatic heterocycles. The number of oxazole rings is 1. The standard InChI is InChI=1S/C13H16N2O3/c1-15(8-4-7-13(16)17)9-12-14-10-5-2-3-6-11(10)18-12/h2-3,5-6H,4,7-9H2,1H3,(H,16,17). The second-order valence-electron chi connectivity index (χ2n) is 4.31. The number of carboxylic acid groups (broad SMARTS) is 1. The van der Waals surface area contributed by atoms with E-state index in [0.29, 0.717) is 25.4 Å². The fourth-order valence-corrected chi connectivity index (χ4v) is 1.80. The first-order valence-electron chi connectivity index (χ1n) is 5.90. The first-order chi connectivity index (χ1) is 8.65. The Morgan fingerprint density at radius 1 is 1.44 bits per heavy atom. The summed E-state index contributed by atoms with van der Waals surface area (Å²) in [6, 6.07) is 7.63. The summed E-state index contributed by atoms with van der Waals surface area (Å²) in [5.74, 6) is -0.0979. The molecular formula is C13H16N2O3. The Labute approximate surface area is 105 Å². The van der Waals surface area contributed by atoms with E-state index in [-0.39, 0.29) is 6.42 Å². The summed E-state index contributed by atoms with van der Waals surface area (Å²) >= 11 is 0. The molecule has 96 valence electrons. The Bertz CT molecular complexity index is 503. The molecule has 0 aliphatic rings. The molecule has 0 radical (unpaired) electrons. The van der Waals surface area contributed by atoms with Crippen molar-refractivity contribution in [1.29, 1.82) is 0 Å². The van der Waals surface area contributed by atoms with Crippen LogP contribution in [0.3, 0.4) is 0 Å². The third-order valence-corrected chi connectivity index (χ3v) is 2.67. The topological polar surface area (TPSA) is 66.6 Å². The van der Waals surface area contributed by atoms with Crippen LogP contribution in [0.1, 0.15) is 18.7 Å². The molecule has 0 bridgehead atoms. The average Bonchev–Trinajstić information content (AvgIpc) is 2.70. The largest absolute Gasteiger partial charge is 0.481 e. The maximum absolute atomic E-state index is 10.4. The summed E-state index contributed by atoms with van der Waals surface area (Å²) in [4.78, 5) is 16.8. The molecule has 1 heterocycles. The number of rotatable bonds is 6. The van der Waals surface area contributed by atoms with Crippen LogP contribution in [0.15, 0.2) is 28.7 Å². The van der Waals surface area contributed by atoms with Gasteiger partial charge in [-0.3, -0.25) is 9.69 Å². The number of aromatic nitrogens is 1. The first-order valence-corrected chi connectivity index (χ1v) is 5.90. The zero-order valence-corrected chi connectivity index (χ0v) is 10.3. The zero-order valence-electron chi connectivity index (χ0n) is 10.3. The number of nitrogens with zero attached hydrogens (tertiary/aromatic N) is 2. The van der Waals surface area contributed by atoms with Crippen LogP contribution < -0.4 is 0 Å². The molecule has 0 amide bonds. The van der Waals surface area contributed by atoms with Crippen LogP contribution in [0.25, 0.3) is 11.1 Å². The SMILES string of the molecule is CN(CCCC(=O)O)Cc1nc2ccccc2o1. The lowest BCUT2D eigenvalue weighted by Crippen LogP contribution is -2.19. The molecule has 1 aromatic carbocycles. The predicted octanol–water partition coefficient (Wildman–Crippen LogP) is 2.12. The number of hydrogen-bond acceptors (Lipinski definition) is 4. The molecule has 0 aliphatic carbocycles. The van der Waals surface area contributed by atoms with E-state index in [1.54, 1.807) is 0 Å². The van der Waals surface area contributed by atoms with E-state index in [1.807, 2.05) is 36.2 Å².